The molecule has 4 aromatic rings. The van der Waals surface area contributed by atoms with Crippen molar-refractivity contribution in [3.05, 3.63) is 54.2 Å². The summed E-state index contributed by atoms with van der Waals surface area (Å²) in [5, 5.41) is 4.21. The molecule has 0 radical (unpaired) electrons. The molecule has 0 atom stereocenters. The highest BCUT2D eigenvalue weighted by atomic mass is 19.1. The van der Waals surface area contributed by atoms with E-state index in [0.717, 1.165) is 5.56 Å². The number of hydrogen-bond donors (Lipinski definition) is 0. The van der Waals surface area contributed by atoms with E-state index >= 15 is 0 Å². The third-order valence-electron chi connectivity index (χ3n) is 5.12. The molecule has 0 amide bonds. The van der Waals surface area contributed by atoms with E-state index in [4.69, 9.17) is 19.2 Å². The summed E-state index contributed by atoms with van der Waals surface area (Å²) in [7, 11) is 6.40. The molecule has 3 heterocycles. The average molecular weight is 452 g/mol. The standard InChI is InChI=1S/C23H25FN6O3/c1-29-14-15(12-26-29)19-13-25-17-6-7-21(30(23(17)28-19)8-5-9-31-2)27-18-10-16(32-3)11-20(33-4)22(18)24/h6-7,10-14H,5,8-9H2,1-4H3/b27-21+. The van der Waals surface area contributed by atoms with E-state index in [1.807, 2.05) is 23.9 Å². The zero-order chi connectivity index (χ0) is 23.4. The molecule has 0 aliphatic heterocycles. The molecule has 3 aromatic heterocycles. The minimum Gasteiger partial charge on any atom is -0.497 e. The molecular formula is C23H25FN6O3. The molecule has 0 aliphatic carbocycles. The van der Waals surface area contributed by atoms with E-state index in [2.05, 4.69) is 15.1 Å². The molecule has 33 heavy (non-hydrogen) atoms. The van der Waals surface area contributed by atoms with Crippen LogP contribution < -0.4 is 15.0 Å². The highest BCUT2D eigenvalue weighted by molar-refractivity contribution is 5.73. The van der Waals surface area contributed by atoms with Gasteiger partial charge in [0, 0.05) is 51.2 Å². The van der Waals surface area contributed by atoms with Crippen molar-refractivity contribution in [3.63, 3.8) is 0 Å². The van der Waals surface area contributed by atoms with Gasteiger partial charge in [-0.1, -0.05) is 0 Å². The lowest BCUT2D eigenvalue weighted by Gasteiger charge is -2.12. The molecule has 0 N–H and O–H groups in total. The van der Waals surface area contributed by atoms with Crippen LogP contribution in [-0.4, -0.2) is 52.3 Å². The summed E-state index contributed by atoms with van der Waals surface area (Å²) in [5.74, 6) is -0.0760. The van der Waals surface area contributed by atoms with Gasteiger partial charge in [-0.15, -0.1) is 0 Å². The molecule has 0 saturated carbocycles. The number of aromatic nitrogens is 5. The van der Waals surface area contributed by atoms with E-state index in [0.29, 0.717) is 47.7 Å². The Hall–Kier alpha value is -3.79. The first-order valence-corrected chi connectivity index (χ1v) is 10.3. The van der Waals surface area contributed by atoms with Crippen molar-refractivity contribution < 1.29 is 18.6 Å². The molecule has 0 saturated heterocycles. The first kappa shape index (κ1) is 22.4. The number of nitrogens with zero attached hydrogens (tertiary/aromatic N) is 6. The number of methoxy groups -OCH3 is 3. The topological polar surface area (TPSA) is 88.6 Å². The number of ether oxygens (including phenoxy) is 3. The van der Waals surface area contributed by atoms with Gasteiger partial charge in [0.2, 0.25) is 0 Å². The Balaban J connectivity index is 1.93. The van der Waals surface area contributed by atoms with Crippen molar-refractivity contribution in [2.75, 3.05) is 27.9 Å². The fourth-order valence-electron chi connectivity index (χ4n) is 3.46. The molecule has 10 heteroatoms. The fraction of sp³-hybridized carbons (Fsp3) is 0.304. The van der Waals surface area contributed by atoms with Crippen molar-refractivity contribution in [2.45, 2.75) is 13.0 Å². The normalized spacial score (nSPS) is 11.8. The van der Waals surface area contributed by atoms with Crippen molar-refractivity contribution in [1.29, 1.82) is 0 Å². The summed E-state index contributed by atoms with van der Waals surface area (Å²) < 4.78 is 34.2. The van der Waals surface area contributed by atoms with E-state index < -0.39 is 5.82 Å². The second-order valence-corrected chi connectivity index (χ2v) is 7.33. The van der Waals surface area contributed by atoms with Crippen LogP contribution in [0.3, 0.4) is 0 Å². The second-order valence-electron chi connectivity index (χ2n) is 7.33. The first-order chi connectivity index (χ1) is 16.0. The predicted molar refractivity (Wildman–Crippen MR) is 121 cm³/mol. The summed E-state index contributed by atoms with van der Waals surface area (Å²) in [4.78, 5) is 14.0. The fourth-order valence-corrected chi connectivity index (χ4v) is 3.46. The van der Waals surface area contributed by atoms with Crippen LogP contribution >= 0.6 is 0 Å². The first-order valence-electron chi connectivity index (χ1n) is 10.3. The lowest BCUT2D eigenvalue weighted by Crippen LogP contribution is -2.23. The van der Waals surface area contributed by atoms with Gasteiger partial charge in [-0.25, -0.2) is 14.4 Å². The Kier molecular flexibility index (Phi) is 6.64. The van der Waals surface area contributed by atoms with Crippen LogP contribution in [0.4, 0.5) is 10.1 Å². The molecule has 4 rings (SSSR count). The quantitative estimate of drug-likeness (QED) is 0.381. The Morgan fingerprint density at radius 2 is 1.94 bits per heavy atom. The third-order valence-corrected chi connectivity index (χ3v) is 5.12. The molecule has 0 spiro atoms. The van der Waals surface area contributed by atoms with E-state index in [1.165, 1.54) is 26.4 Å². The van der Waals surface area contributed by atoms with Crippen LogP contribution in [0.15, 0.2) is 47.8 Å². The second kappa shape index (κ2) is 9.78. The number of rotatable bonds is 8. The Morgan fingerprint density at radius 3 is 2.64 bits per heavy atom. The Morgan fingerprint density at radius 1 is 1.09 bits per heavy atom. The zero-order valence-corrected chi connectivity index (χ0v) is 18.9. The summed E-state index contributed by atoms with van der Waals surface area (Å²) >= 11 is 0. The van der Waals surface area contributed by atoms with Gasteiger partial charge in [-0.3, -0.25) is 9.67 Å². The summed E-state index contributed by atoms with van der Waals surface area (Å²) in [5.41, 5.74) is 3.48. The van der Waals surface area contributed by atoms with Crippen LogP contribution in [0.1, 0.15) is 6.42 Å². The molecule has 1 aromatic carbocycles. The molecule has 0 unspecified atom stereocenters. The summed E-state index contributed by atoms with van der Waals surface area (Å²) in [6.07, 6.45) is 6.03. The van der Waals surface area contributed by atoms with Crippen molar-refractivity contribution in [2.24, 2.45) is 12.0 Å². The van der Waals surface area contributed by atoms with Crippen LogP contribution in [0.5, 0.6) is 11.5 Å². The smallest absolute Gasteiger partial charge is 0.190 e. The minimum atomic E-state index is -0.572. The average Bonchev–Trinajstić information content (AvgIpc) is 3.27. The Labute approximate surface area is 190 Å². The zero-order valence-electron chi connectivity index (χ0n) is 18.9. The van der Waals surface area contributed by atoms with Gasteiger partial charge < -0.3 is 18.8 Å². The van der Waals surface area contributed by atoms with Crippen molar-refractivity contribution in [3.8, 4) is 22.8 Å². The highest BCUT2D eigenvalue weighted by Crippen LogP contribution is 2.32. The van der Waals surface area contributed by atoms with Gasteiger partial charge in [0.1, 0.15) is 22.4 Å². The molecule has 0 aliphatic rings. The van der Waals surface area contributed by atoms with E-state index in [-0.39, 0.29) is 11.4 Å². The summed E-state index contributed by atoms with van der Waals surface area (Å²) in [6, 6.07) is 6.61. The molecular weight excluding hydrogens is 427 g/mol. The number of aryl methyl sites for hydroxylation is 2. The van der Waals surface area contributed by atoms with Gasteiger partial charge in [-0.2, -0.15) is 5.10 Å². The third kappa shape index (κ3) is 4.70. The van der Waals surface area contributed by atoms with E-state index in [9.17, 15) is 4.39 Å². The minimum absolute atomic E-state index is 0.0541. The van der Waals surface area contributed by atoms with Crippen molar-refractivity contribution in [1.82, 2.24) is 24.3 Å². The maximum atomic E-state index is 15.0. The van der Waals surface area contributed by atoms with Crippen LogP contribution in [-0.2, 0) is 18.3 Å². The number of halogens is 1. The van der Waals surface area contributed by atoms with Gasteiger partial charge in [0.05, 0.1) is 32.3 Å². The number of fused-ring (bicyclic) bond motifs is 1. The molecule has 9 nitrogen and oxygen atoms in total. The van der Waals surface area contributed by atoms with Crippen LogP contribution in [0.2, 0.25) is 0 Å². The maximum Gasteiger partial charge on any atom is 0.190 e. The Bertz CT molecular complexity index is 1350. The van der Waals surface area contributed by atoms with Crippen LogP contribution in [0, 0.1) is 5.82 Å². The molecule has 0 fully saturated rings. The van der Waals surface area contributed by atoms with Gasteiger partial charge in [-0.05, 0) is 18.6 Å². The SMILES string of the molecule is COCCCn1/c(=N/c2cc(OC)cc(OC)c2F)ccc2ncc(-c3cnn(C)c3)nc21. The predicted octanol–water partition coefficient (Wildman–Crippen LogP) is 3.26. The van der Waals surface area contributed by atoms with Crippen LogP contribution in [0.25, 0.3) is 22.4 Å². The van der Waals surface area contributed by atoms with E-state index in [1.54, 1.807) is 30.3 Å². The monoisotopic (exact) mass is 452 g/mol. The number of pyridine rings is 1. The lowest BCUT2D eigenvalue weighted by atomic mass is 10.2. The van der Waals surface area contributed by atoms with Gasteiger partial charge in [0.15, 0.2) is 17.2 Å². The van der Waals surface area contributed by atoms with Crippen molar-refractivity contribution >= 4 is 16.9 Å². The number of benzene rings is 1. The number of hydrogen-bond acceptors (Lipinski definition) is 7. The highest BCUT2D eigenvalue weighted by Gasteiger charge is 2.13. The molecule has 172 valence electrons. The largest absolute Gasteiger partial charge is 0.497 e. The van der Waals surface area contributed by atoms with Gasteiger partial charge in [0.25, 0.3) is 0 Å². The summed E-state index contributed by atoms with van der Waals surface area (Å²) in [6.45, 7) is 1.11. The molecule has 0 bridgehead atoms. The lowest BCUT2D eigenvalue weighted by molar-refractivity contribution is 0.190. The maximum absolute atomic E-state index is 15.0. The van der Waals surface area contributed by atoms with Gasteiger partial charge >= 0.3 is 0 Å².